The largest absolute Gasteiger partial charge is 0.473 e. The highest BCUT2D eigenvalue weighted by atomic mass is 35.5. The molecule has 0 atom stereocenters. The van der Waals surface area contributed by atoms with Gasteiger partial charge >= 0.3 is 0 Å². The lowest BCUT2D eigenvalue weighted by molar-refractivity contribution is 0.288. The maximum Gasteiger partial charge on any atom is 0.218 e. The molecule has 1 aromatic carbocycles. The van der Waals surface area contributed by atoms with Gasteiger partial charge in [-0.05, 0) is 32.9 Å². The summed E-state index contributed by atoms with van der Waals surface area (Å²) in [5.41, 5.74) is 2.05. The summed E-state index contributed by atoms with van der Waals surface area (Å²) >= 11 is 6.14. The molecule has 0 fully saturated rings. The number of nitrogens with one attached hydrogen (secondary N) is 1. The van der Waals surface area contributed by atoms with Crippen molar-refractivity contribution in [2.24, 2.45) is 0 Å². The molecule has 1 heterocycles. The van der Waals surface area contributed by atoms with E-state index in [0.717, 1.165) is 17.7 Å². The first kappa shape index (κ1) is 15.8. The van der Waals surface area contributed by atoms with Crippen molar-refractivity contribution in [2.45, 2.75) is 39.5 Å². The maximum absolute atomic E-state index is 6.14. The smallest absolute Gasteiger partial charge is 0.218 e. The van der Waals surface area contributed by atoms with Crippen molar-refractivity contribution in [2.75, 3.05) is 0 Å². The summed E-state index contributed by atoms with van der Waals surface area (Å²) in [5, 5.41) is 4.15. The lowest BCUT2D eigenvalue weighted by Gasteiger charge is -2.21. The van der Waals surface area contributed by atoms with Crippen LogP contribution in [0.25, 0.3) is 0 Å². The number of rotatable bonds is 5. The molecule has 112 valence electrons. The van der Waals surface area contributed by atoms with Crippen LogP contribution in [0.1, 0.15) is 31.9 Å². The van der Waals surface area contributed by atoms with Gasteiger partial charge in [-0.2, -0.15) is 0 Å². The summed E-state index contributed by atoms with van der Waals surface area (Å²) in [5.74, 6) is 0.647. The summed E-state index contributed by atoms with van der Waals surface area (Å²) in [7, 11) is 0. The van der Waals surface area contributed by atoms with Crippen molar-refractivity contribution in [3.63, 3.8) is 0 Å². The molecule has 0 aliphatic rings. The van der Waals surface area contributed by atoms with Gasteiger partial charge in [-0.1, -0.05) is 35.9 Å². The molecule has 0 unspecified atom stereocenters. The second kappa shape index (κ2) is 6.92. The molecule has 2 aromatic rings. The molecule has 1 N–H and O–H groups in total. The van der Waals surface area contributed by atoms with Crippen LogP contribution in [0.15, 0.2) is 42.6 Å². The molecular weight excluding hydrogens is 284 g/mol. The van der Waals surface area contributed by atoms with Crippen molar-refractivity contribution in [1.82, 2.24) is 10.3 Å². The average molecular weight is 305 g/mol. The zero-order valence-electron chi connectivity index (χ0n) is 12.7. The second-order valence-electron chi connectivity index (χ2n) is 5.95. The first-order valence-electron chi connectivity index (χ1n) is 7.01. The van der Waals surface area contributed by atoms with E-state index in [1.807, 2.05) is 36.4 Å². The third kappa shape index (κ3) is 5.03. The van der Waals surface area contributed by atoms with Crippen molar-refractivity contribution in [1.29, 1.82) is 0 Å². The van der Waals surface area contributed by atoms with Crippen LogP contribution < -0.4 is 10.1 Å². The Hall–Kier alpha value is -1.58. The van der Waals surface area contributed by atoms with Crippen molar-refractivity contribution in [3.05, 3.63) is 58.7 Å². The van der Waals surface area contributed by atoms with Crippen molar-refractivity contribution in [3.8, 4) is 5.88 Å². The minimum atomic E-state index is 0.0514. The van der Waals surface area contributed by atoms with Gasteiger partial charge in [-0.15, -0.1) is 0 Å². The molecule has 0 aliphatic carbocycles. The molecule has 3 nitrogen and oxygen atoms in total. The van der Waals surface area contributed by atoms with E-state index in [1.54, 1.807) is 6.20 Å². The molecule has 2 rings (SSSR count). The Bertz CT molecular complexity index is 593. The number of hydrogen-bond donors (Lipinski definition) is 1. The summed E-state index contributed by atoms with van der Waals surface area (Å²) in [6.45, 7) is 7.53. The van der Waals surface area contributed by atoms with E-state index in [9.17, 15) is 0 Å². The molecule has 0 amide bonds. The third-order valence-electron chi connectivity index (χ3n) is 2.98. The number of halogens is 1. The number of aromatic nitrogens is 1. The highest BCUT2D eigenvalue weighted by Gasteiger charge is 2.12. The van der Waals surface area contributed by atoms with Gasteiger partial charge in [0.25, 0.3) is 0 Å². The SMILES string of the molecule is CC(C)(C)NCc1cccnc1OCc1ccccc1Cl. The molecule has 4 heteroatoms. The summed E-state index contributed by atoms with van der Waals surface area (Å²) < 4.78 is 5.83. The van der Waals surface area contributed by atoms with Crippen molar-refractivity contribution >= 4 is 11.6 Å². The van der Waals surface area contributed by atoms with Crippen LogP contribution >= 0.6 is 11.6 Å². The fourth-order valence-electron chi connectivity index (χ4n) is 1.81. The summed E-state index contributed by atoms with van der Waals surface area (Å²) in [4.78, 5) is 4.32. The van der Waals surface area contributed by atoms with E-state index in [1.165, 1.54) is 0 Å². The minimum Gasteiger partial charge on any atom is -0.473 e. The molecule has 0 saturated carbocycles. The summed E-state index contributed by atoms with van der Waals surface area (Å²) in [6, 6.07) is 11.6. The predicted molar refractivity (Wildman–Crippen MR) is 86.6 cm³/mol. The molecule has 0 spiro atoms. The van der Waals surface area contributed by atoms with E-state index in [0.29, 0.717) is 17.5 Å². The number of ether oxygens (including phenoxy) is 1. The first-order chi connectivity index (χ1) is 9.96. The van der Waals surface area contributed by atoms with Crippen LogP contribution in [0.4, 0.5) is 0 Å². The first-order valence-corrected chi connectivity index (χ1v) is 7.38. The van der Waals surface area contributed by atoms with Crippen molar-refractivity contribution < 1.29 is 4.74 Å². The van der Waals surface area contributed by atoms with Crippen LogP contribution in [0, 0.1) is 0 Å². The molecule has 0 aliphatic heterocycles. The molecule has 0 bridgehead atoms. The van der Waals surface area contributed by atoms with Crippen LogP contribution in [0.2, 0.25) is 5.02 Å². The predicted octanol–water partition coefficient (Wildman–Crippen LogP) is 4.20. The van der Waals surface area contributed by atoms with Gasteiger partial charge in [-0.3, -0.25) is 0 Å². The number of pyridine rings is 1. The second-order valence-corrected chi connectivity index (χ2v) is 6.36. The molecule has 0 saturated heterocycles. The monoisotopic (exact) mass is 304 g/mol. The zero-order chi connectivity index (χ0) is 15.3. The quantitative estimate of drug-likeness (QED) is 0.899. The fraction of sp³-hybridized carbons (Fsp3) is 0.353. The molecule has 21 heavy (non-hydrogen) atoms. The van der Waals surface area contributed by atoms with E-state index >= 15 is 0 Å². The highest BCUT2D eigenvalue weighted by Crippen LogP contribution is 2.20. The van der Waals surface area contributed by atoms with E-state index in [-0.39, 0.29) is 5.54 Å². The Morgan fingerprint density at radius 1 is 1.10 bits per heavy atom. The molecule has 0 radical (unpaired) electrons. The van der Waals surface area contributed by atoms with E-state index in [4.69, 9.17) is 16.3 Å². The highest BCUT2D eigenvalue weighted by molar-refractivity contribution is 6.31. The number of hydrogen-bond acceptors (Lipinski definition) is 3. The topological polar surface area (TPSA) is 34.2 Å². The van der Waals surface area contributed by atoms with Gasteiger partial charge in [-0.25, -0.2) is 4.98 Å². The molecular formula is C17H21ClN2O. The van der Waals surface area contributed by atoms with Gasteiger partial charge in [0.2, 0.25) is 5.88 Å². The standard InChI is InChI=1S/C17H21ClN2O/c1-17(2,3)20-11-13-8-6-10-19-16(13)21-12-14-7-4-5-9-15(14)18/h4-10,20H,11-12H2,1-3H3. The lowest BCUT2D eigenvalue weighted by Crippen LogP contribution is -2.35. The number of nitrogens with zero attached hydrogens (tertiary/aromatic N) is 1. The third-order valence-corrected chi connectivity index (χ3v) is 3.35. The van der Waals surface area contributed by atoms with Gasteiger partial charge in [0.15, 0.2) is 0 Å². The Labute approximate surface area is 131 Å². The van der Waals surface area contributed by atoms with Crippen LogP contribution in [0.3, 0.4) is 0 Å². The lowest BCUT2D eigenvalue weighted by atomic mass is 10.1. The normalized spacial score (nSPS) is 11.4. The van der Waals surface area contributed by atoms with Crippen LogP contribution in [-0.4, -0.2) is 10.5 Å². The zero-order valence-corrected chi connectivity index (χ0v) is 13.4. The van der Waals surface area contributed by atoms with E-state index in [2.05, 4.69) is 31.1 Å². The van der Waals surface area contributed by atoms with Gasteiger partial charge in [0.1, 0.15) is 6.61 Å². The van der Waals surface area contributed by atoms with Crippen LogP contribution in [-0.2, 0) is 13.2 Å². The van der Waals surface area contributed by atoms with Crippen LogP contribution in [0.5, 0.6) is 5.88 Å². The van der Waals surface area contributed by atoms with E-state index < -0.39 is 0 Å². The average Bonchev–Trinajstić information content (AvgIpc) is 2.44. The Morgan fingerprint density at radius 2 is 1.81 bits per heavy atom. The Kier molecular flexibility index (Phi) is 5.21. The Morgan fingerprint density at radius 3 is 2.52 bits per heavy atom. The number of benzene rings is 1. The maximum atomic E-state index is 6.14. The summed E-state index contributed by atoms with van der Waals surface area (Å²) in [6.07, 6.45) is 1.74. The van der Waals surface area contributed by atoms with Gasteiger partial charge < -0.3 is 10.1 Å². The minimum absolute atomic E-state index is 0.0514. The van der Waals surface area contributed by atoms with Gasteiger partial charge in [0.05, 0.1) is 0 Å². The Balaban J connectivity index is 2.05. The fourth-order valence-corrected chi connectivity index (χ4v) is 2.00. The molecule has 1 aromatic heterocycles. The van der Waals surface area contributed by atoms with Gasteiger partial charge in [0, 0.05) is 34.4 Å².